The molecule has 0 unspecified atom stereocenters. The maximum Gasteiger partial charge on any atom is 0.338 e. The molecule has 0 atom stereocenters. The van der Waals surface area contributed by atoms with Crippen molar-refractivity contribution in [3.05, 3.63) is 58.8 Å². The number of methoxy groups -OCH3 is 4. The van der Waals surface area contributed by atoms with Gasteiger partial charge in [-0.15, -0.1) is 0 Å². The minimum atomic E-state index is -0.330. The number of hydrogen-bond acceptors (Lipinski definition) is 6. The number of hydrogen-bond donors (Lipinski definition) is 0. The van der Waals surface area contributed by atoms with Gasteiger partial charge in [-0.25, -0.2) is 9.78 Å². The summed E-state index contributed by atoms with van der Waals surface area (Å²) < 4.78 is 21.5. The Morgan fingerprint density at radius 3 is 2.32 bits per heavy atom. The normalized spacial score (nSPS) is 14.3. The number of para-hydroxylation sites is 1. The highest BCUT2D eigenvalue weighted by molar-refractivity contribution is 6.06. The summed E-state index contributed by atoms with van der Waals surface area (Å²) >= 11 is 0. The summed E-state index contributed by atoms with van der Waals surface area (Å²) in [5, 5.41) is 0.821. The lowest BCUT2D eigenvalue weighted by atomic mass is 9.86. The van der Waals surface area contributed by atoms with E-state index in [1.165, 1.54) is 7.11 Å². The van der Waals surface area contributed by atoms with E-state index >= 15 is 0 Å². The fourth-order valence-electron chi connectivity index (χ4n) is 4.20. The zero-order valence-electron chi connectivity index (χ0n) is 18.2. The lowest BCUT2D eigenvalue weighted by Crippen LogP contribution is -2.14. The molecule has 2 aromatic carbocycles. The first-order valence-corrected chi connectivity index (χ1v) is 10.1. The Balaban J connectivity index is 1.92. The maximum atomic E-state index is 12.7. The summed E-state index contributed by atoms with van der Waals surface area (Å²) in [5.74, 6) is 1.40. The third-order valence-electron chi connectivity index (χ3n) is 5.59. The predicted molar refractivity (Wildman–Crippen MR) is 120 cm³/mol. The SMILES string of the molecule is COC(=O)c1c2c(nc3ccccc13)/C(=C/c1cc(OC)c(OC)c(OC)c1)CCC2. The molecule has 6 nitrogen and oxygen atoms in total. The van der Waals surface area contributed by atoms with Gasteiger partial charge in [0.25, 0.3) is 0 Å². The van der Waals surface area contributed by atoms with E-state index in [0.717, 1.165) is 52.6 Å². The fourth-order valence-corrected chi connectivity index (χ4v) is 4.20. The molecule has 0 amide bonds. The minimum Gasteiger partial charge on any atom is -0.493 e. The zero-order chi connectivity index (χ0) is 22.0. The van der Waals surface area contributed by atoms with Crippen LogP contribution in [-0.4, -0.2) is 39.4 Å². The summed E-state index contributed by atoms with van der Waals surface area (Å²) in [5.41, 5.74) is 5.14. The molecule has 6 heteroatoms. The van der Waals surface area contributed by atoms with Crippen LogP contribution in [0.5, 0.6) is 17.2 Å². The summed E-state index contributed by atoms with van der Waals surface area (Å²) in [4.78, 5) is 17.6. The Hall–Kier alpha value is -3.54. The Bertz CT molecular complexity index is 1160. The lowest BCUT2D eigenvalue weighted by Gasteiger charge is -2.22. The second-order valence-electron chi connectivity index (χ2n) is 7.30. The Morgan fingerprint density at radius 2 is 1.68 bits per heavy atom. The van der Waals surface area contributed by atoms with Crippen molar-refractivity contribution >= 4 is 28.5 Å². The van der Waals surface area contributed by atoms with E-state index in [1.807, 2.05) is 36.4 Å². The van der Waals surface area contributed by atoms with E-state index in [0.29, 0.717) is 22.8 Å². The van der Waals surface area contributed by atoms with Gasteiger partial charge in [-0.05, 0) is 60.2 Å². The molecule has 0 spiro atoms. The molecule has 1 aromatic heterocycles. The van der Waals surface area contributed by atoms with Crippen LogP contribution in [0.2, 0.25) is 0 Å². The van der Waals surface area contributed by atoms with Crippen molar-refractivity contribution in [3.63, 3.8) is 0 Å². The monoisotopic (exact) mass is 419 g/mol. The van der Waals surface area contributed by atoms with Crippen LogP contribution in [0.4, 0.5) is 0 Å². The van der Waals surface area contributed by atoms with Gasteiger partial charge in [0.15, 0.2) is 11.5 Å². The predicted octanol–water partition coefficient (Wildman–Crippen LogP) is 4.92. The van der Waals surface area contributed by atoms with Crippen LogP contribution in [0.15, 0.2) is 36.4 Å². The van der Waals surface area contributed by atoms with Gasteiger partial charge in [0.05, 0.1) is 45.2 Å². The van der Waals surface area contributed by atoms with Crippen LogP contribution < -0.4 is 14.2 Å². The van der Waals surface area contributed by atoms with Crippen LogP contribution in [0.1, 0.15) is 40.0 Å². The number of nitrogens with zero attached hydrogens (tertiary/aromatic N) is 1. The number of carbonyl (C=O) groups excluding carboxylic acids is 1. The molecule has 0 fully saturated rings. The summed E-state index contributed by atoms with van der Waals surface area (Å²) in [7, 11) is 6.19. The summed E-state index contributed by atoms with van der Waals surface area (Å²) in [6, 6.07) is 11.5. The van der Waals surface area contributed by atoms with Gasteiger partial charge in [0.2, 0.25) is 5.75 Å². The van der Waals surface area contributed by atoms with E-state index in [4.69, 9.17) is 23.9 Å². The van der Waals surface area contributed by atoms with Crippen molar-refractivity contribution < 1.29 is 23.7 Å². The summed E-state index contributed by atoms with van der Waals surface area (Å²) in [6.07, 6.45) is 4.64. The Morgan fingerprint density at radius 1 is 0.968 bits per heavy atom. The largest absolute Gasteiger partial charge is 0.493 e. The third kappa shape index (κ3) is 3.69. The van der Waals surface area contributed by atoms with Gasteiger partial charge in [-0.2, -0.15) is 0 Å². The van der Waals surface area contributed by atoms with Gasteiger partial charge in [0.1, 0.15) is 0 Å². The molecule has 4 rings (SSSR count). The van der Waals surface area contributed by atoms with E-state index in [2.05, 4.69) is 6.08 Å². The van der Waals surface area contributed by atoms with E-state index in [1.54, 1.807) is 21.3 Å². The smallest absolute Gasteiger partial charge is 0.338 e. The standard InChI is InChI=1S/C25H25NO5/c1-28-20-13-15(14-21(29-2)24(20)30-3)12-16-8-7-10-18-22(25(27)31-4)17-9-5-6-11-19(17)26-23(16)18/h5-6,9,11-14H,7-8,10H2,1-4H3/b16-12+. The van der Waals surface area contributed by atoms with E-state index in [9.17, 15) is 4.79 Å². The van der Waals surface area contributed by atoms with Gasteiger partial charge in [-0.3, -0.25) is 0 Å². The molecule has 1 aliphatic rings. The first kappa shape index (κ1) is 20.7. The van der Waals surface area contributed by atoms with Crippen LogP contribution in [0, 0.1) is 0 Å². The summed E-state index contributed by atoms with van der Waals surface area (Å²) in [6.45, 7) is 0. The Labute approximate surface area is 181 Å². The third-order valence-corrected chi connectivity index (χ3v) is 5.59. The molecule has 0 saturated carbocycles. The molecule has 0 bridgehead atoms. The highest BCUT2D eigenvalue weighted by atomic mass is 16.5. The van der Waals surface area contributed by atoms with Crippen molar-refractivity contribution in [1.82, 2.24) is 4.98 Å². The average Bonchev–Trinajstić information content (AvgIpc) is 2.81. The van der Waals surface area contributed by atoms with Crippen molar-refractivity contribution in [2.24, 2.45) is 0 Å². The average molecular weight is 419 g/mol. The molecule has 1 aliphatic carbocycles. The Kier molecular flexibility index (Phi) is 5.80. The number of fused-ring (bicyclic) bond motifs is 2. The van der Waals surface area contributed by atoms with Crippen LogP contribution in [0.3, 0.4) is 0 Å². The quantitative estimate of drug-likeness (QED) is 0.547. The topological polar surface area (TPSA) is 66.9 Å². The first-order chi connectivity index (χ1) is 15.1. The van der Waals surface area contributed by atoms with Crippen molar-refractivity contribution in [2.75, 3.05) is 28.4 Å². The van der Waals surface area contributed by atoms with Crippen LogP contribution in [-0.2, 0) is 11.2 Å². The molecule has 3 aromatic rings. The lowest BCUT2D eigenvalue weighted by molar-refractivity contribution is 0.0601. The van der Waals surface area contributed by atoms with Gasteiger partial charge >= 0.3 is 5.97 Å². The van der Waals surface area contributed by atoms with E-state index in [-0.39, 0.29) is 5.97 Å². The number of ether oxygens (including phenoxy) is 4. The number of rotatable bonds is 5. The second-order valence-corrected chi connectivity index (χ2v) is 7.30. The zero-order valence-corrected chi connectivity index (χ0v) is 18.2. The van der Waals surface area contributed by atoms with Gasteiger partial charge in [-0.1, -0.05) is 18.2 Å². The molecule has 160 valence electrons. The van der Waals surface area contributed by atoms with Gasteiger partial charge < -0.3 is 18.9 Å². The molecule has 31 heavy (non-hydrogen) atoms. The van der Waals surface area contributed by atoms with Crippen LogP contribution in [0.25, 0.3) is 22.6 Å². The number of allylic oxidation sites excluding steroid dienone is 1. The molecular weight excluding hydrogens is 394 g/mol. The number of esters is 1. The fraction of sp³-hybridized carbons (Fsp3) is 0.280. The van der Waals surface area contributed by atoms with Crippen LogP contribution >= 0.6 is 0 Å². The van der Waals surface area contributed by atoms with Crippen molar-refractivity contribution in [1.29, 1.82) is 0 Å². The highest BCUT2D eigenvalue weighted by Gasteiger charge is 2.25. The first-order valence-electron chi connectivity index (χ1n) is 10.1. The number of aromatic nitrogens is 1. The molecule has 0 radical (unpaired) electrons. The van der Waals surface area contributed by atoms with Gasteiger partial charge in [0, 0.05) is 5.39 Å². The maximum absolute atomic E-state index is 12.7. The van der Waals surface area contributed by atoms with Crippen molar-refractivity contribution in [3.8, 4) is 17.2 Å². The number of carbonyl (C=O) groups is 1. The molecule has 0 N–H and O–H groups in total. The molecule has 0 aliphatic heterocycles. The minimum absolute atomic E-state index is 0.330. The number of pyridine rings is 1. The number of benzene rings is 2. The van der Waals surface area contributed by atoms with E-state index < -0.39 is 0 Å². The molecule has 0 saturated heterocycles. The molecular formula is C25H25NO5. The molecule has 1 heterocycles. The second kappa shape index (κ2) is 8.68. The highest BCUT2D eigenvalue weighted by Crippen LogP contribution is 2.41. The van der Waals surface area contributed by atoms with Crippen molar-refractivity contribution in [2.45, 2.75) is 19.3 Å².